The van der Waals surface area contributed by atoms with Crippen LogP contribution in [0, 0.1) is 0 Å². The molecule has 0 aliphatic carbocycles. The largest absolute Gasteiger partial charge is 0.507 e. The van der Waals surface area contributed by atoms with Gasteiger partial charge in [-0.15, -0.1) is 0 Å². The van der Waals surface area contributed by atoms with Crippen LogP contribution in [0.5, 0.6) is 11.5 Å². The minimum Gasteiger partial charge on any atom is -0.507 e. The molecule has 4 N–H and O–H groups in total. The first-order valence-corrected chi connectivity index (χ1v) is 4.50. The molecule has 0 saturated heterocycles. The Balaban J connectivity index is 2.97. The number of ether oxygens (including phenoxy) is 1. The van der Waals surface area contributed by atoms with E-state index in [-0.39, 0.29) is 11.3 Å². The summed E-state index contributed by atoms with van der Waals surface area (Å²) >= 11 is 0. The Morgan fingerprint density at radius 1 is 1.60 bits per heavy atom. The lowest BCUT2D eigenvalue weighted by atomic mass is 10.1. The quantitative estimate of drug-likeness (QED) is 0.687. The predicted molar refractivity (Wildman–Crippen MR) is 53.8 cm³/mol. The van der Waals surface area contributed by atoms with Gasteiger partial charge in [-0.1, -0.05) is 0 Å². The third kappa shape index (κ3) is 2.60. The number of carboxylic acid groups (broad SMARTS) is 1. The highest BCUT2D eigenvalue weighted by atomic mass is 16.5. The second-order valence-electron chi connectivity index (χ2n) is 2.97. The predicted octanol–water partition coefficient (Wildman–Crippen LogP) is 0.875. The fourth-order valence-electron chi connectivity index (χ4n) is 1.18. The SMILES string of the molecule is CCOc1ccc([C@H](N)C(=O)O)c(O)c1. The van der Waals surface area contributed by atoms with Gasteiger partial charge in [0.2, 0.25) is 0 Å². The average molecular weight is 211 g/mol. The Morgan fingerprint density at radius 3 is 2.73 bits per heavy atom. The second kappa shape index (κ2) is 4.65. The van der Waals surface area contributed by atoms with Gasteiger partial charge < -0.3 is 20.7 Å². The number of carbonyl (C=O) groups is 1. The zero-order valence-electron chi connectivity index (χ0n) is 8.30. The zero-order chi connectivity index (χ0) is 11.4. The van der Waals surface area contributed by atoms with E-state index in [0.29, 0.717) is 12.4 Å². The molecule has 1 aromatic rings. The topological polar surface area (TPSA) is 92.8 Å². The molecule has 5 nitrogen and oxygen atoms in total. The number of rotatable bonds is 4. The van der Waals surface area contributed by atoms with E-state index in [1.54, 1.807) is 6.07 Å². The molecule has 0 heterocycles. The number of phenolic OH excluding ortho intramolecular Hbond substituents is 1. The van der Waals surface area contributed by atoms with Crippen molar-refractivity contribution in [3.63, 3.8) is 0 Å². The Morgan fingerprint density at radius 2 is 2.27 bits per heavy atom. The van der Waals surface area contributed by atoms with E-state index in [2.05, 4.69) is 0 Å². The van der Waals surface area contributed by atoms with Gasteiger partial charge in [0.05, 0.1) is 6.61 Å². The number of carboxylic acids is 1. The number of aromatic hydroxyl groups is 1. The summed E-state index contributed by atoms with van der Waals surface area (Å²) in [6, 6.07) is 3.14. The summed E-state index contributed by atoms with van der Waals surface area (Å²) in [6.07, 6.45) is 0. The van der Waals surface area contributed by atoms with E-state index in [1.807, 2.05) is 6.92 Å². The first-order chi connectivity index (χ1) is 7.06. The van der Waals surface area contributed by atoms with Crippen molar-refractivity contribution in [2.24, 2.45) is 5.73 Å². The van der Waals surface area contributed by atoms with Crippen LogP contribution in [-0.4, -0.2) is 22.8 Å². The summed E-state index contributed by atoms with van der Waals surface area (Å²) in [6.45, 7) is 2.29. The van der Waals surface area contributed by atoms with Crippen molar-refractivity contribution in [3.05, 3.63) is 23.8 Å². The van der Waals surface area contributed by atoms with Crippen molar-refractivity contribution in [2.75, 3.05) is 6.61 Å². The molecule has 0 aromatic heterocycles. The van der Waals surface area contributed by atoms with Crippen LogP contribution in [0.2, 0.25) is 0 Å². The zero-order valence-corrected chi connectivity index (χ0v) is 8.30. The number of hydrogen-bond acceptors (Lipinski definition) is 4. The van der Waals surface area contributed by atoms with Gasteiger partial charge in [-0.05, 0) is 19.1 Å². The summed E-state index contributed by atoms with van der Waals surface area (Å²) in [4.78, 5) is 10.6. The molecule has 0 aliphatic heterocycles. The number of nitrogens with two attached hydrogens (primary N) is 1. The van der Waals surface area contributed by atoms with Crippen molar-refractivity contribution < 1.29 is 19.7 Å². The molecule has 0 unspecified atom stereocenters. The van der Waals surface area contributed by atoms with Gasteiger partial charge in [-0.3, -0.25) is 4.79 Å². The molecule has 82 valence electrons. The minimum atomic E-state index is -1.22. The van der Waals surface area contributed by atoms with Gasteiger partial charge in [0.1, 0.15) is 17.5 Å². The molecule has 0 radical (unpaired) electrons. The maximum Gasteiger partial charge on any atom is 0.325 e. The van der Waals surface area contributed by atoms with Crippen molar-refractivity contribution in [3.8, 4) is 11.5 Å². The van der Waals surface area contributed by atoms with Crippen molar-refractivity contribution in [1.82, 2.24) is 0 Å². The molecule has 1 aromatic carbocycles. The highest BCUT2D eigenvalue weighted by Crippen LogP contribution is 2.27. The molecule has 1 atom stereocenters. The minimum absolute atomic E-state index is 0.171. The molecule has 15 heavy (non-hydrogen) atoms. The highest BCUT2D eigenvalue weighted by Gasteiger charge is 2.18. The van der Waals surface area contributed by atoms with Gasteiger partial charge in [0, 0.05) is 11.6 Å². The van der Waals surface area contributed by atoms with Crippen LogP contribution in [0.25, 0.3) is 0 Å². The number of aliphatic carboxylic acids is 1. The van der Waals surface area contributed by atoms with Gasteiger partial charge in [0.25, 0.3) is 0 Å². The monoisotopic (exact) mass is 211 g/mol. The number of hydrogen-bond donors (Lipinski definition) is 3. The molecule has 0 aliphatic rings. The Labute approximate surface area is 87.1 Å². The summed E-state index contributed by atoms with van der Waals surface area (Å²) in [5.74, 6) is -0.873. The van der Waals surface area contributed by atoms with Crippen LogP contribution in [0.4, 0.5) is 0 Å². The molecule has 5 heteroatoms. The Kier molecular flexibility index (Phi) is 3.51. The van der Waals surface area contributed by atoms with Crippen molar-refractivity contribution in [2.45, 2.75) is 13.0 Å². The van der Waals surface area contributed by atoms with Gasteiger partial charge in [-0.25, -0.2) is 0 Å². The Hall–Kier alpha value is -1.75. The van der Waals surface area contributed by atoms with Crippen LogP contribution < -0.4 is 10.5 Å². The fourth-order valence-corrected chi connectivity index (χ4v) is 1.18. The van der Waals surface area contributed by atoms with Crippen LogP contribution >= 0.6 is 0 Å². The average Bonchev–Trinajstić information content (AvgIpc) is 2.17. The van der Waals surface area contributed by atoms with Crippen LogP contribution in [0.1, 0.15) is 18.5 Å². The lowest BCUT2D eigenvalue weighted by Crippen LogP contribution is -2.20. The molecular formula is C10H13NO4. The fraction of sp³-hybridized carbons (Fsp3) is 0.300. The lowest BCUT2D eigenvalue weighted by Gasteiger charge is -2.10. The number of phenols is 1. The van der Waals surface area contributed by atoms with Crippen molar-refractivity contribution in [1.29, 1.82) is 0 Å². The number of benzene rings is 1. The molecule has 0 amide bonds. The van der Waals surface area contributed by atoms with E-state index in [4.69, 9.17) is 15.6 Å². The van der Waals surface area contributed by atoms with Crippen molar-refractivity contribution >= 4 is 5.97 Å². The van der Waals surface area contributed by atoms with Crippen LogP contribution in [-0.2, 0) is 4.79 Å². The maximum atomic E-state index is 10.6. The van der Waals surface area contributed by atoms with Crippen LogP contribution in [0.3, 0.4) is 0 Å². The molecule has 0 bridgehead atoms. The molecule has 1 rings (SSSR count). The van der Waals surface area contributed by atoms with E-state index in [0.717, 1.165) is 0 Å². The molecule has 0 saturated carbocycles. The van der Waals surface area contributed by atoms with E-state index in [1.165, 1.54) is 12.1 Å². The third-order valence-electron chi connectivity index (χ3n) is 1.91. The van der Waals surface area contributed by atoms with Gasteiger partial charge >= 0.3 is 5.97 Å². The van der Waals surface area contributed by atoms with E-state index in [9.17, 15) is 9.90 Å². The summed E-state index contributed by atoms with van der Waals surface area (Å²) < 4.78 is 5.13. The Bertz CT molecular complexity index is 364. The van der Waals surface area contributed by atoms with Gasteiger partial charge in [-0.2, -0.15) is 0 Å². The van der Waals surface area contributed by atoms with E-state index >= 15 is 0 Å². The van der Waals surface area contributed by atoms with Crippen LogP contribution in [0.15, 0.2) is 18.2 Å². The first-order valence-electron chi connectivity index (χ1n) is 4.50. The normalized spacial score (nSPS) is 12.1. The molecule has 0 fully saturated rings. The first kappa shape index (κ1) is 11.3. The third-order valence-corrected chi connectivity index (χ3v) is 1.91. The van der Waals surface area contributed by atoms with E-state index < -0.39 is 12.0 Å². The summed E-state index contributed by atoms with van der Waals surface area (Å²) in [7, 11) is 0. The lowest BCUT2D eigenvalue weighted by molar-refractivity contribution is -0.138. The summed E-state index contributed by atoms with van der Waals surface area (Å²) in [5.41, 5.74) is 5.53. The summed E-state index contributed by atoms with van der Waals surface area (Å²) in [5, 5.41) is 18.2. The molecule has 0 spiro atoms. The molecular weight excluding hydrogens is 198 g/mol. The smallest absolute Gasteiger partial charge is 0.325 e. The maximum absolute atomic E-state index is 10.6. The van der Waals surface area contributed by atoms with Gasteiger partial charge in [0.15, 0.2) is 0 Å². The standard InChI is InChI=1S/C10H13NO4/c1-2-15-6-3-4-7(8(12)5-6)9(11)10(13)14/h3-5,9,12H,2,11H2,1H3,(H,13,14)/t9-/m0/s1. The highest BCUT2D eigenvalue weighted by molar-refractivity contribution is 5.76. The second-order valence-corrected chi connectivity index (χ2v) is 2.97.